The van der Waals surface area contributed by atoms with Crippen molar-refractivity contribution in [2.45, 2.75) is 26.8 Å². The van der Waals surface area contributed by atoms with E-state index < -0.39 is 17.7 Å². The van der Waals surface area contributed by atoms with Crippen LogP contribution in [0.2, 0.25) is 0 Å². The number of carbonyl (C=O) groups excluding carboxylic acids is 2. The topological polar surface area (TPSA) is 98.8 Å². The number of amides is 1. The standard InChI is InChI=1S/C30H30N4O4/c1-4-33(5-2)21-16-14-19(15-17-21)26-25(27(35)20-10-9-11-22(18-20)38-6-3)28(36)29(37)34(26)30-31-23-12-7-8-13-24(23)32-30/h7-18,26,35H,4-6H2,1-3H3,(H,31,32)/b27-25+. The fourth-order valence-corrected chi connectivity index (χ4v) is 4.93. The number of benzene rings is 3. The molecule has 1 amide bonds. The minimum Gasteiger partial charge on any atom is -0.507 e. The number of nitrogens with zero attached hydrogens (tertiary/aromatic N) is 3. The first-order valence-corrected chi connectivity index (χ1v) is 12.8. The number of nitrogens with one attached hydrogen (secondary N) is 1. The summed E-state index contributed by atoms with van der Waals surface area (Å²) in [6.45, 7) is 8.20. The van der Waals surface area contributed by atoms with E-state index in [-0.39, 0.29) is 17.3 Å². The third-order valence-corrected chi connectivity index (χ3v) is 6.81. The molecule has 1 atom stereocenters. The van der Waals surface area contributed by atoms with Gasteiger partial charge in [-0.15, -0.1) is 0 Å². The Kier molecular flexibility index (Phi) is 6.87. The van der Waals surface area contributed by atoms with E-state index in [1.54, 1.807) is 24.3 Å². The molecule has 8 nitrogen and oxygen atoms in total. The highest BCUT2D eigenvalue weighted by atomic mass is 16.5. The van der Waals surface area contributed by atoms with Gasteiger partial charge in [-0.3, -0.25) is 14.5 Å². The molecule has 5 rings (SSSR count). The molecule has 0 saturated carbocycles. The van der Waals surface area contributed by atoms with Crippen molar-refractivity contribution in [3.8, 4) is 5.75 Å². The van der Waals surface area contributed by atoms with Crippen molar-refractivity contribution in [1.82, 2.24) is 9.97 Å². The van der Waals surface area contributed by atoms with Gasteiger partial charge in [0.1, 0.15) is 11.5 Å². The number of aliphatic hydroxyl groups excluding tert-OH is 1. The van der Waals surface area contributed by atoms with Gasteiger partial charge < -0.3 is 19.7 Å². The lowest BCUT2D eigenvalue weighted by Gasteiger charge is -2.25. The highest BCUT2D eigenvalue weighted by molar-refractivity contribution is 6.51. The lowest BCUT2D eigenvalue weighted by Crippen LogP contribution is -2.30. The highest BCUT2D eigenvalue weighted by Crippen LogP contribution is 2.42. The number of fused-ring (bicyclic) bond motifs is 1. The lowest BCUT2D eigenvalue weighted by atomic mass is 9.95. The molecule has 1 saturated heterocycles. The molecule has 1 fully saturated rings. The molecule has 0 spiro atoms. The molecular weight excluding hydrogens is 480 g/mol. The first-order chi connectivity index (χ1) is 18.5. The summed E-state index contributed by atoms with van der Waals surface area (Å²) in [6.07, 6.45) is 0. The van der Waals surface area contributed by atoms with Crippen LogP contribution in [0.1, 0.15) is 37.9 Å². The van der Waals surface area contributed by atoms with Gasteiger partial charge in [0, 0.05) is 24.3 Å². The fourth-order valence-electron chi connectivity index (χ4n) is 4.93. The largest absolute Gasteiger partial charge is 0.507 e. The fraction of sp³-hybridized carbons (Fsp3) is 0.233. The molecule has 0 bridgehead atoms. The van der Waals surface area contributed by atoms with Crippen LogP contribution in [0, 0.1) is 0 Å². The van der Waals surface area contributed by atoms with Crippen LogP contribution in [-0.2, 0) is 9.59 Å². The van der Waals surface area contributed by atoms with Crippen molar-refractivity contribution in [3.63, 3.8) is 0 Å². The molecular formula is C30H30N4O4. The Bertz CT molecular complexity index is 1490. The van der Waals surface area contributed by atoms with Gasteiger partial charge >= 0.3 is 5.91 Å². The van der Waals surface area contributed by atoms with Gasteiger partial charge in [-0.1, -0.05) is 36.4 Å². The average molecular weight is 511 g/mol. The van der Waals surface area contributed by atoms with E-state index in [9.17, 15) is 14.7 Å². The van der Waals surface area contributed by atoms with Gasteiger partial charge in [0.05, 0.1) is 29.3 Å². The third-order valence-electron chi connectivity index (χ3n) is 6.81. The van der Waals surface area contributed by atoms with Crippen molar-refractivity contribution < 1.29 is 19.4 Å². The van der Waals surface area contributed by atoms with Crippen LogP contribution in [0.25, 0.3) is 16.8 Å². The number of rotatable bonds is 8. The maximum absolute atomic E-state index is 13.5. The maximum atomic E-state index is 13.5. The zero-order valence-electron chi connectivity index (χ0n) is 21.6. The summed E-state index contributed by atoms with van der Waals surface area (Å²) in [5.74, 6) is -0.996. The normalized spacial score (nSPS) is 16.8. The number of aromatic amines is 1. The molecule has 4 aromatic rings. The van der Waals surface area contributed by atoms with Crippen molar-refractivity contribution >= 4 is 40.1 Å². The monoisotopic (exact) mass is 510 g/mol. The molecule has 1 aliphatic rings. The van der Waals surface area contributed by atoms with Gasteiger partial charge in [-0.25, -0.2) is 4.98 Å². The van der Waals surface area contributed by atoms with Crippen LogP contribution in [0.4, 0.5) is 11.6 Å². The van der Waals surface area contributed by atoms with E-state index in [0.29, 0.717) is 29.0 Å². The minimum atomic E-state index is -0.878. The number of hydrogen-bond donors (Lipinski definition) is 2. The average Bonchev–Trinajstić information content (AvgIpc) is 3.48. The van der Waals surface area contributed by atoms with Crippen LogP contribution in [0.15, 0.2) is 78.4 Å². The van der Waals surface area contributed by atoms with Gasteiger partial charge in [0.2, 0.25) is 5.95 Å². The minimum absolute atomic E-state index is 0.000284. The maximum Gasteiger partial charge on any atom is 0.302 e. The lowest BCUT2D eigenvalue weighted by molar-refractivity contribution is -0.132. The molecule has 1 aliphatic heterocycles. The quantitative estimate of drug-likeness (QED) is 0.186. The van der Waals surface area contributed by atoms with Crippen LogP contribution in [0.5, 0.6) is 5.75 Å². The summed E-state index contributed by atoms with van der Waals surface area (Å²) in [7, 11) is 0. The number of imidazole rings is 1. The molecule has 194 valence electrons. The van der Waals surface area contributed by atoms with Gasteiger partial charge in [-0.2, -0.15) is 0 Å². The Hall–Kier alpha value is -4.59. The van der Waals surface area contributed by atoms with Crippen LogP contribution in [-0.4, -0.2) is 46.5 Å². The number of ketones is 1. The summed E-state index contributed by atoms with van der Waals surface area (Å²) in [5, 5.41) is 11.4. The number of para-hydroxylation sites is 2. The molecule has 38 heavy (non-hydrogen) atoms. The van der Waals surface area contributed by atoms with Gasteiger partial charge in [0.25, 0.3) is 5.78 Å². The third kappa shape index (κ3) is 4.38. The van der Waals surface area contributed by atoms with Gasteiger partial charge in [-0.05, 0) is 62.7 Å². The number of aliphatic hydroxyl groups is 1. The van der Waals surface area contributed by atoms with E-state index in [1.807, 2.05) is 55.5 Å². The molecule has 0 radical (unpaired) electrons. The number of carbonyl (C=O) groups is 2. The SMILES string of the molecule is CCOc1cccc(/C(O)=C2\C(=O)C(=O)N(c3nc4ccccc4[nH]3)C2c2ccc(N(CC)CC)cc2)c1. The van der Waals surface area contributed by atoms with E-state index in [0.717, 1.165) is 24.3 Å². The van der Waals surface area contributed by atoms with Crippen LogP contribution < -0.4 is 14.5 Å². The molecule has 1 aromatic heterocycles. The van der Waals surface area contributed by atoms with Crippen LogP contribution >= 0.6 is 0 Å². The number of Topliss-reactive ketones (excluding diaryl/α,β-unsaturated/α-hetero) is 1. The first kappa shape index (κ1) is 25.1. The Labute approximate surface area is 221 Å². The number of aromatic nitrogens is 2. The highest BCUT2D eigenvalue weighted by Gasteiger charge is 2.48. The summed E-state index contributed by atoms with van der Waals surface area (Å²) in [4.78, 5) is 38.3. The number of H-pyrrole nitrogens is 1. The van der Waals surface area contributed by atoms with Crippen molar-refractivity contribution in [3.05, 3.63) is 89.5 Å². The molecule has 1 unspecified atom stereocenters. The number of hydrogen-bond acceptors (Lipinski definition) is 6. The molecule has 3 aromatic carbocycles. The first-order valence-electron chi connectivity index (χ1n) is 12.8. The van der Waals surface area contributed by atoms with E-state index >= 15 is 0 Å². The van der Waals surface area contributed by atoms with E-state index in [4.69, 9.17) is 4.74 Å². The molecule has 0 aliphatic carbocycles. The summed E-state index contributed by atoms with van der Waals surface area (Å²) >= 11 is 0. The second kappa shape index (κ2) is 10.4. The molecule has 2 heterocycles. The Morgan fingerprint density at radius 3 is 2.42 bits per heavy atom. The van der Waals surface area contributed by atoms with Crippen molar-refractivity contribution in [2.75, 3.05) is 29.5 Å². The summed E-state index contributed by atoms with van der Waals surface area (Å²) in [5.41, 5.74) is 3.52. The number of ether oxygens (including phenoxy) is 1. The van der Waals surface area contributed by atoms with Crippen LogP contribution in [0.3, 0.4) is 0 Å². The Balaban J connectivity index is 1.68. The van der Waals surface area contributed by atoms with Crippen molar-refractivity contribution in [1.29, 1.82) is 0 Å². The van der Waals surface area contributed by atoms with E-state index in [1.165, 1.54) is 4.90 Å². The second-order valence-electron chi connectivity index (χ2n) is 8.97. The second-order valence-corrected chi connectivity index (χ2v) is 8.97. The Morgan fingerprint density at radius 2 is 1.74 bits per heavy atom. The molecule has 8 heteroatoms. The van der Waals surface area contributed by atoms with E-state index in [2.05, 4.69) is 28.7 Å². The smallest absolute Gasteiger partial charge is 0.302 e. The van der Waals surface area contributed by atoms with Gasteiger partial charge in [0.15, 0.2) is 0 Å². The summed E-state index contributed by atoms with van der Waals surface area (Å²) in [6, 6.07) is 21.1. The predicted octanol–water partition coefficient (Wildman–Crippen LogP) is 5.43. The zero-order valence-corrected chi connectivity index (χ0v) is 21.6. The number of anilines is 2. The van der Waals surface area contributed by atoms with Crippen molar-refractivity contribution in [2.24, 2.45) is 0 Å². The Morgan fingerprint density at radius 1 is 1.00 bits per heavy atom. The zero-order chi connectivity index (χ0) is 26.8. The molecule has 2 N–H and O–H groups in total. The predicted molar refractivity (Wildman–Crippen MR) is 148 cm³/mol. The summed E-state index contributed by atoms with van der Waals surface area (Å²) < 4.78 is 5.58.